The molecule has 6 nitrogen and oxygen atoms in total. The normalized spacial score (nSPS) is 10.9. The summed E-state index contributed by atoms with van der Waals surface area (Å²) >= 11 is 0. The van der Waals surface area contributed by atoms with Crippen LogP contribution in [0.25, 0.3) is 11.1 Å². The van der Waals surface area contributed by atoms with E-state index in [-0.39, 0.29) is 12.5 Å². The number of alkyl carbamates (subject to hydrolysis) is 1. The Morgan fingerprint density at radius 3 is 2.41 bits per heavy atom. The fourth-order valence-electron chi connectivity index (χ4n) is 2.68. The summed E-state index contributed by atoms with van der Waals surface area (Å²) < 4.78 is 15.9. The molecule has 6 heteroatoms. The highest BCUT2D eigenvalue weighted by atomic mass is 16.6. The molecule has 0 heterocycles. The van der Waals surface area contributed by atoms with Gasteiger partial charge < -0.3 is 19.5 Å². The molecule has 29 heavy (non-hydrogen) atoms. The molecule has 0 aromatic heterocycles. The number of methoxy groups -OCH3 is 1. The number of hydrogen-bond acceptors (Lipinski definition) is 5. The molecule has 0 atom stereocenters. The highest BCUT2D eigenvalue weighted by Crippen LogP contribution is 2.28. The van der Waals surface area contributed by atoms with E-state index in [2.05, 4.69) is 5.32 Å². The van der Waals surface area contributed by atoms with Crippen LogP contribution in [0.1, 0.15) is 50.0 Å². The molecule has 2 aromatic rings. The number of nitrogens with one attached hydrogen (secondary N) is 1. The number of benzene rings is 2. The van der Waals surface area contributed by atoms with Gasteiger partial charge in [-0.3, -0.25) is 0 Å². The van der Waals surface area contributed by atoms with E-state index in [1.165, 1.54) is 7.11 Å². The third-order valence-electron chi connectivity index (χ3n) is 3.96. The van der Waals surface area contributed by atoms with Crippen molar-refractivity contribution in [2.24, 2.45) is 0 Å². The van der Waals surface area contributed by atoms with Crippen LogP contribution in [0.2, 0.25) is 0 Å². The van der Waals surface area contributed by atoms with Gasteiger partial charge in [0.2, 0.25) is 0 Å². The smallest absolute Gasteiger partial charge is 0.407 e. The summed E-state index contributed by atoms with van der Waals surface area (Å²) in [5.41, 5.74) is 2.51. The number of esters is 1. The summed E-state index contributed by atoms with van der Waals surface area (Å²) in [6, 6.07) is 13.0. The predicted octanol–water partition coefficient (Wildman–Crippen LogP) is 4.95. The molecule has 0 unspecified atom stereocenters. The second-order valence-electron chi connectivity index (χ2n) is 7.60. The maximum absolute atomic E-state index is 12.0. The van der Waals surface area contributed by atoms with Crippen LogP contribution in [0, 0.1) is 0 Å². The zero-order valence-electron chi connectivity index (χ0n) is 17.7. The summed E-state index contributed by atoms with van der Waals surface area (Å²) in [5, 5.41) is 2.77. The molecule has 0 spiro atoms. The molecule has 0 aliphatic rings. The van der Waals surface area contributed by atoms with Crippen molar-refractivity contribution in [1.29, 1.82) is 0 Å². The van der Waals surface area contributed by atoms with E-state index in [0.717, 1.165) is 23.1 Å². The molecule has 0 saturated carbocycles. The number of amides is 1. The molecule has 0 aliphatic heterocycles. The Morgan fingerprint density at radius 2 is 1.76 bits per heavy atom. The average Bonchev–Trinajstić information content (AvgIpc) is 2.69. The summed E-state index contributed by atoms with van der Waals surface area (Å²) in [6.45, 7) is 8.33. The van der Waals surface area contributed by atoms with Gasteiger partial charge in [0, 0.05) is 12.1 Å². The van der Waals surface area contributed by atoms with Gasteiger partial charge in [0.05, 0.1) is 19.3 Å². The lowest BCUT2D eigenvalue weighted by molar-refractivity contribution is 0.0522. The third kappa shape index (κ3) is 6.82. The Hall–Kier alpha value is -3.02. The van der Waals surface area contributed by atoms with E-state index in [9.17, 15) is 9.59 Å². The van der Waals surface area contributed by atoms with Gasteiger partial charge in [-0.1, -0.05) is 25.1 Å². The molecule has 0 radical (unpaired) electrons. The zero-order valence-corrected chi connectivity index (χ0v) is 17.7. The summed E-state index contributed by atoms with van der Waals surface area (Å²) in [4.78, 5) is 23.9. The first-order chi connectivity index (χ1) is 13.7. The largest absolute Gasteiger partial charge is 0.493 e. The number of rotatable bonds is 7. The summed E-state index contributed by atoms with van der Waals surface area (Å²) in [5.74, 6) is 0.317. The first kappa shape index (κ1) is 22.3. The molecule has 1 amide bonds. The van der Waals surface area contributed by atoms with Gasteiger partial charge in [0.15, 0.2) is 0 Å². The molecule has 0 bridgehead atoms. The quantitative estimate of drug-likeness (QED) is 0.667. The van der Waals surface area contributed by atoms with Gasteiger partial charge in [-0.15, -0.1) is 0 Å². The van der Waals surface area contributed by atoms with Crippen LogP contribution in [0.15, 0.2) is 42.5 Å². The minimum absolute atomic E-state index is 0.262. The van der Waals surface area contributed by atoms with E-state index in [0.29, 0.717) is 17.9 Å². The zero-order chi connectivity index (χ0) is 21.4. The predicted molar refractivity (Wildman–Crippen MR) is 112 cm³/mol. The molecule has 0 saturated heterocycles. The maximum Gasteiger partial charge on any atom is 0.407 e. The minimum atomic E-state index is -0.568. The lowest BCUT2D eigenvalue weighted by Gasteiger charge is -2.20. The van der Waals surface area contributed by atoms with Crippen LogP contribution in [-0.2, 0) is 16.0 Å². The Balaban J connectivity index is 2.28. The van der Waals surface area contributed by atoms with Crippen LogP contribution in [0.3, 0.4) is 0 Å². The van der Waals surface area contributed by atoms with Gasteiger partial charge in [0.1, 0.15) is 11.4 Å². The number of ether oxygens (including phenoxy) is 3. The van der Waals surface area contributed by atoms with Gasteiger partial charge in [0.25, 0.3) is 0 Å². The Kier molecular flexibility index (Phi) is 7.65. The highest BCUT2D eigenvalue weighted by molar-refractivity contribution is 5.91. The van der Waals surface area contributed by atoms with Crippen molar-refractivity contribution in [2.75, 3.05) is 13.7 Å². The number of carbonyl (C=O) groups excluding carboxylic acids is 2. The van der Waals surface area contributed by atoms with Gasteiger partial charge in [-0.25, -0.2) is 9.59 Å². The second kappa shape index (κ2) is 9.96. The van der Waals surface area contributed by atoms with Crippen LogP contribution < -0.4 is 10.1 Å². The lowest BCUT2D eigenvalue weighted by atomic mass is 10.0. The molecule has 2 rings (SSSR count). The van der Waals surface area contributed by atoms with Gasteiger partial charge in [-0.05, 0) is 62.6 Å². The van der Waals surface area contributed by atoms with E-state index in [4.69, 9.17) is 14.2 Å². The van der Waals surface area contributed by atoms with E-state index in [1.807, 2.05) is 58.0 Å². The van der Waals surface area contributed by atoms with Crippen molar-refractivity contribution >= 4 is 12.1 Å². The number of hydrogen-bond donors (Lipinski definition) is 1. The first-order valence-electron chi connectivity index (χ1n) is 9.65. The average molecular weight is 399 g/mol. The van der Waals surface area contributed by atoms with Crippen LogP contribution in [0.5, 0.6) is 5.75 Å². The van der Waals surface area contributed by atoms with Crippen molar-refractivity contribution in [3.05, 3.63) is 53.6 Å². The third-order valence-corrected chi connectivity index (χ3v) is 3.96. The Morgan fingerprint density at radius 1 is 1.03 bits per heavy atom. The molecule has 2 aromatic carbocycles. The van der Waals surface area contributed by atoms with Crippen molar-refractivity contribution < 1.29 is 23.8 Å². The van der Waals surface area contributed by atoms with Gasteiger partial charge in [-0.2, -0.15) is 0 Å². The van der Waals surface area contributed by atoms with E-state index in [1.54, 1.807) is 12.1 Å². The molecule has 0 aliphatic carbocycles. The molecule has 1 N–H and O–H groups in total. The van der Waals surface area contributed by atoms with Crippen LogP contribution >= 0.6 is 0 Å². The monoisotopic (exact) mass is 399 g/mol. The molecular weight excluding hydrogens is 370 g/mol. The lowest BCUT2D eigenvalue weighted by Crippen LogP contribution is -2.32. The highest BCUT2D eigenvalue weighted by Gasteiger charge is 2.17. The number of carbonyl (C=O) groups is 2. The standard InChI is InChI=1S/C23H29NO5/c1-6-12-28-20-11-10-17(16-8-7-9-18(13-16)21(25)27-5)14-19(20)15-24-22(26)29-23(2,3)4/h7-11,13-14H,6,12,15H2,1-5H3,(H,24,26). The summed E-state index contributed by atoms with van der Waals surface area (Å²) in [7, 11) is 1.36. The SMILES string of the molecule is CCCOc1ccc(-c2cccc(C(=O)OC)c2)cc1CNC(=O)OC(C)(C)C. The van der Waals surface area contributed by atoms with Gasteiger partial charge >= 0.3 is 12.1 Å². The topological polar surface area (TPSA) is 73.9 Å². The Labute approximate surface area is 172 Å². The van der Waals surface area contributed by atoms with Crippen molar-refractivity contribution in [1.82, 2.24) is 5.32 Å². The van der Waals surface area contributed by atoms with Crippen molar-refractivity contribution in [3.8, 4) is 16.9 Å². The fourth-order valence-corrected chi connectivity index (χ4v) is 2.68. The first-order valence-corrected chi connectivity index (χ1v) is 9.65. The fraction of sp³-hybridized carbons (Fsp3) is 0.391. The van der Waals surface area contributed by atoms with Crippen molar-refractivity contribution in [3.63, 3.8) is 0 Å². The maximum atomic E-state index is 12.0. The van der Waals surface area contributed by atoms with Crippen molar-refractivity contribution in [2.45, 2.75) is 46.3 Å². The van der Waals surface area contributed by atoms with E-state index >= 15 is 0 Å². The molecular formula is C23H29NO5. The molecule has 0 fully saturated rings. The summed E-state index contributed by atoms with van der Waals surface area (Å²) in [6.07, 6.45) is 0.388. The Bertz CT molecular complexity index is 855. The molecule has 156 valence electrons. The minimum Gasteiger partial charge on any atom is -0.493 e. The van der Waals surface area contributed by atoms with Crippen LogP contribution in [0.4, 0.5) is 4.79 Å². The second-order valence-corrected chi connectivity index (χ2v) is 7.60. The van der Waals surface area contributed by atoms with Crippen LogP contribution in [-0.4, -0.2) is 31.4 Å². The van der Waals surface area contributed by atoms with E-state index < -0.39 is 11.7 Å².